The van der Waals surface area contributed by atoms with Gasteiger partial charge in [0.15, 0.2) is 5.69 Å². The molecule has 0 saturated carbocycles. The molecular formula is C22H24Cl2N2O. The van der Waals surface area contributed by atoms with Crippen LogP contribution in [-0.4, -0.2) is 5.91 Å². The highest BCUT2D eigenvalue weighted by molar-refractivity contribution is 6.39. The van der Waals surface area contributed by atoms with Gasteiger partial charge in [-0.15, -0.1) is 0 Å². The second-order valence-electron chi connectivity index (χ2n) is 7.51. The van der Waals surface area contributed by atoms with Gasteiger partial charge in [-0.25, -0.2) is 4.85 Å². The predicted octanol–water partition coefficient (Wildman–Crippen LogP) is 7.39. The molecule has 0 aromatic heterocycles. The Hall–Kier alpha value is -2.02. The van der Waals surface area contributed by atoms with E-state index in [4.69, 9.17) is 29.8 Å². The normalized spacial score (nSPS) is 10.9. The van der Waals surface area contributed by atoms with Crippen LogP contribution in [0.25, 0.3) is 16.0 Å². The monoisotopic (exact) mass is 402 g/mol. The largest absolute Gasteiger partial charge is 0.326 e. The first kappa shape index (κ1) is 21.3. The molecule has 2 rings (SSSR count). The number of benzene rings is 2. The van der Waals surface area contributed by atoms with Gasteiger partial charge in [0.05, 0.1) is 16.6 Å². The molecule has 0 unspecified atom stereocenters. The van der Waals surface area contributed by atoms with E-state index in [9.17, 15) is 4.79 Å². The van der Waals surface area contributed by atoms with Crippen molar-refractivity contribution in [1.29, 1.82) is 0 Å². The fourth-order valence-corrected chi connectivity index (χ4v) is 3.65. The molecule has 0 bridgehead atoms. The van der Waals surface area contributed by atoms with Crippen LogP contribution < -0.4 is 5.32 Å². The average molecular weight is 403 g/mol. The zero-order valence-electron chi connectivity index (χ0n) is 16.1. The molecule has 0 aliphatic rings. The maximum atomic E-state index is 12.0. The molecule has 0 spiro atoms. The van der Waals surface area contributed by atoms with Gasteiger partial charge in [-0.1, -0.05) is 63.0 Å². The number of carbonyl (C=O) groups excluding carboxylic acids is 1. The molecule has 0 heterocycles. The zero-order chi connectivity index (χ0) is 20.1. The molecule has 5 heteroatoms. The Bertz CT molecular complexity index is 859. The molecular weight excluding hydrogens is 379 g/mol. The molecule has 2 aromatic carbocycles. The van der Waals surface area contributed by atoms with Gasteiger partial charge in [0.1, 0.15) is 0 Å². The molecule has 142 valence electrons. The third-order valence-corrected chi connectivity index (χ3v) is 4.64. The van der Waals surface area contributed by atoms with Crippen molar-refractivity contribution in [2.24, 2.45) is 11.8 Å². The highest BCUT2D eigenvalue weighted by Gasteiger charge is 2.15. The first-order chi connectivity index (χ1) is 12.7. The molecule has 0 atom stereocenters. The number of halogens is 2. The molecule has 3 nitrogen and oxygen atoms in total. The summed E-state index contributed by atoms with van der Waals surface area (Å²) in [5.74, 6) is 0.669. The molecule has 27 heavy (non-hydrogen) atoms. The van der Waals surface area contributed by atoms with Crippen molar-refractivity contribution < 1.29 is 4.79 Å². The first-order valence-electron chi connectivity index (χ1n) is 9.01. The lowest BCUT2D eigenvalue weighted by Crippen LogP contribution is -2.13. The predicted molar refractivity (Wildman–Crippen MR) is 115 cm³/mol. The standard InChI is InChI=1S/C22H24Cl2N2O/c1-13(2)8-15-6-7-16(10-20(15)25-5)22-18(23)11-17(12-19(22)24)26-21(27)9-14(3)4/h6-7,10-14H,8-9H2,1-4H3,(H,26,27). The van der Waals surface area contributed by atoms with Crippen molar-refractivity contribution in [1.82, 2.24) is 0 Å². The van der Waals surface area contributed by atoms with Gasteiger partial charge in [-0.05, 0) is 47.6 Å². The Morgan fingerprint density at radius 2 is 1.70 bits per heavy atom. The van der Waals surface area contributed by atoms with Crippen molar-refractivity contribution in [3.8, 4) is 11.1 Å². The van der Waals surface area contributed by atoms with E-state index in [0.29, 0.717) is 39.3 Å². The summed E-state index contributed by atoms with van der Waals surface area (Å²) in [6.07, 6.45) is 1.28. The minimum atomic E-state index is -0.0711. The lowest BCUT2D eigenvalue weighted by Gasteiger charge is -2.14. The number of nitrogens with zero attached hydrogens (tertiary/aromatic N) is 1. The second kappa shape index (κ2) is 9.26. The minimum Gasteiger partial charge on any atom is -0.326 e. The van der Waals surface area contributed by atoms with Gasteiger partial charge in [0.25, 0.3) is 0 Å². The number of hydrogen-bond donors (Lipinski definition) is 1. The Morgan fingerprint density at radius 1 is 1.07 bits per heavy atom. The van der Waals surface area contributed by atoms with Crippen LogP contribution in [0.2, 0.25) is 10.0 Å². The Labute approximate surface area is 171 Å². The van der Waals surface area contributed by atoms with Crippen LogP contribution in [0.5, 0.6) is 0 Å². The third-order valence-electron chi connectivity index (χ3n) is 4.04. The van der Waals surface area contributed by atoms with E-state index in [0.717, 1.165) is 17.5 Å². The Morgan fingerprint density at radius 3 is 2.22 bits per heavy atom. The summed E-state index contributed by atoms with van der Waals surface area (Å²) in [5, 5.41) is 3.71. The fourth-order valence-electron chi connectivity index (χ4n) is 2.94. The lowest BCUT2D eigenvalue weighted by molar-refractivity contribution is -0.116. The number of anilines is 1. The molecule has 1 amide bonds. The van der Waals surface area contributed by atoms with Gasteiger partial charge < -0.3 is 5.32 Å². The number of nitrogens with one attached hydrogen (secondary N) is 1. The molecule has 0 saturated heterocycles. The molecule has 2 aromatic rings. The number of carbonyl (C=O) groups is 1. The maximum Gasteiger partial charge on any atom is 0.224 e. The van der Waals surface area contributed by atoms with Gasteiger partial charge in [0, 0.05) is 17.7 Å². The van der Waals surface area contributed by atoms with Crippen LogP contribution in [0, 0.1) is 18.4 Å². The molecule has 0 aliphatic heterocycles. The smallest absolute Gasteiger partial charge is 0.224 e. The molecule has 1 N–H and O–H groups in total. The summed E-state index contributed by atoms with van der Waals surface area (Å²) in [5.41, 5.74) is 3.67. The van der Waals surface area contributed by atoms with E-state index in [-0.39, 0.29) is 11.8 Å². The summed E-state index contributed by atoms with van der Waals surface area (Å²) in [4.78, 5) is 15.6. The van der Waals surface area contributed by atoms with E-state index >= 15 is 0 Å². The lowest BCUT2D eigenvalue weighted by atomic mass is 9.97. The van der Waals surface area contributed by atoms with Crippen molar-refractivity contribution >= 4 is 40.5 Å². The van der Waals surface area contributed by atoms with E-state index in [2.05, 4.69) is 24.0 Å². The quantitative estimate of drug-likeness (QED) is 0.501. The topological polar surface area (TPSA) is 33.5 Å². The summed E-state index contributed by atoms with van der Waals surface area (Å²) in [6.45, 7) is 15.7. The third kappa shape index (κ3) is 5.73. The zero-order valence-corrected chi connectivity index (χ0v) is 17.6. The van der Waals surface area contributed by atoms with Crippen LogP contribution >= 0.6 is 23.2 Å². The summed E-state index contributed by atoms with van der Waals surface area (Å²) < 4.78 is 0. The maximum absolute atomic E-state index is 12.0. The summed E-state index contributed by atoms with van der Waals surface area (Å²) >= 11 is 12.9. The summed E-state index contributed by atoms with van der Waals surface area (Å²) in [7, 11) is 0. The second-order valence-corrected chi connectivity index (χ2v) is 8.33. The Kier molecular flexibility index (Phi) is 7.30. The highest BCUT2D eigenvalue weighted by Crippen LogP contribution is 2.39. The SMILES string of the molecule is [C-]#[N+]c1cc(-c2c(Cl)cc(NC(=O)CC(C)C)cc2Cl)ccc1CC(C)C. The number of rotatable bonds is 6. The van der Waals surface area contributed by atoms with Gasteiger partial charge in [-0.2, -0.15) is 0 Å². The fraction of sp³-hybridized carbons (Fsp3) is 0.364. The number of amides is 1. The van der Waals surface area contributed by atoms with Gasteiger partial charge >= 0.3 is 0 Å². The summed E-state index contributed by atoms with van der Waals surface area (Å²) in [6, 6.07) is 9.13. The van der Waals surface area contributed by atoms with Crippen molar-refractivity contribution in [3.05, 3.63) is 57.4 Å². The van der Waals surface area contributed by atoms with Crippen LogP contribution in [0.1, 0.15) is 39.7 Å². The van der Waals surface area contributed by atoms with Crippen LogP contribution in [0.3, 0.4) is 0 Å². The highest BCUT2D eigenvalue weighted by atomic mass is 35.5. The average Bonchev–Trinajstić information content (AvgIpc) is 2.54. The van der Waals surface area contributed by atoms with Crippen LogP contribution in [0.15, 0.2) is 30.3 Å². The van der Waals surface area contributed by atoms with Crippen molar-refractivity contribution in [3.63, 3.8) is 0 Å². The van der Waals surface area contributed by atoms with Crippen LogP contribution in [-0.2, 0) is 11.2 Å². The van der Waals surface area contributed by atoms with E-state index < -0.39 is 0 Å². The van der Waals surface area contributed by atoms with Crippen LogP contribution in [0.4, 0.5) is 11.4 Å². The van der Waals surface area contributed by atoms with E-state index in [1.807, 2.05) is 32.0 Å². The van der Waals surface area contributed by atoms with Crippen molar-refractivity contribution in [2.75, 3.05) is 5.32 Å². The van der Waals surface area contributed by atoms with E-state index in [1.54, 1.807) is 12.1 Å². The van der Waals surface area contributed by atoms with Gasteiger partial charge in [-0.3, -0.25) is 4.79 Å². The molecule has 0 aliphatic carbocycles. The number of hydrogen-bond acceptors (Lipinski definition) is 1. The Balaban J connectivity index is 2.37. The van der Waals surface area contributed by atoms with E-state index in [1.165, 1.54) is 0 Å². The minimum absolute atomic E-state index is 0.0711. The first-order valence-corrected chi connectivity index (χ1v) is 9.76. The molecule has 0 fully saturated rings. The van der Waals surface area contributed by atoms with Crippen molar-refractivity contribution in [2.45, 2.75) is 40.5 Å². The molecule has 0 radical (unpaired) electrons. The van der Waals surface area contributed by atoms with Gasteiger partial charge in [0.2, 0.25) is 5.91 Å².